The van der Waals surface area contributed by atoms with Crippen LogP contribution < -0.4 is 4.74 Å². The molecule has 0 aromatic heterocycles. The largest absolute Gasteiger partial charge is 0.497 e. The van der Waals surface area contributed by atoms with Crippen LogP contribution in [0.25, 0.3) is 0 Å². The fourth-order valence-corrected chi connectivity index (χ4v) is 4.98. The summed E-state index contributed by atoms with van der Waals surface area (Å²) in [4.78, 5) is 2.46. The van der Waals surface area contributed by atoms with Gasteiger partial charge in [0.05, 0.1) is 12.0 Å². The average Bonchev–Trinajstić information content (AvgIpc) is 2.66. The molecule has 1 fully saturated rings. The maximum atomic E-state index is 13.3. The van der Waals surface area contributed by atoms with Gasteiger partial charge in [0.25, 0.3) is 0 Å². The minimum absolute atomic E-state index is 0.189. The van der Waals surface area contributed by atoms with Gasteiger partial charge in [-0.3, -0.25) is 0 Å². The van der Waals surface area contributed by atoms with Gasteiger partial charge >= 0.3 is 0 Å². The van der Waals surface area contributed by atoms with Gasteiger partial charge in [-0.25, -0.2) is 12.8 Å². The van der Waals surface area contributed by atoms with Crippen LogP contribution in [0.3, 0.4) is 0 Å². The van der Waals surface area contributed by atoms with Crippen LogP contribution in [-0.2, 0) is 16.4 Å². The SMILES string of the molecule is COc1cccc(CCN2CCN(S(=O)(=O)c3ccc(F)cc3C)CC2)c1. The summed E-state index contributed by atoms with van der Waals surface area (Å²) in [5, 5.41) is 0. The molecular formula is C20H25FN2O3S. The standard InChI is InChI=1S/C20H25FN2O3S/c1-16-14-18(21)6-7-20(16)27(24,25)23-12-10-22(11-13-23)9-8-17-4-3-5-19(15-17)26-2/h3-7,14-15H,8-13H2,1-2H3. The zero-order chi connectivity index (χ0) is 19.4. The minimum Gasteiger partial charge on any atom is -0.497 e. The lowest BCUT2D eigenvalue weighted by atomic mass is 10.1. The Kier molecular flexibility index (Phi) is 6.14. The molecule has 1 saturated heterocycles. The highest BCUT2D eigenvalue weighted by Gasteiger charge is 2.29. The summed E-state index contributed by atoms with van der Waals surface area (Å²) in [7, 11) is -1.93. The second-order valence-corrected chi connectivity index (χ2v) is 8.66. The number of rotatable bonds is 6. The van der Waals surface area contributed by atoms with E-state index in [0.29, 0.717) is 31.7 Å². The Bertz CT molecular complexity index is 894. The van der Waals surface area contributed by atoms with E-state index >= 15 is 0 Å². The molecule has 1 aliphatic heterocycles. The Morgan fingerprint density at radius 2 is 1.81 bits per heavy atom. The van der Waals surface area contributed by atoms with Gasteiger partial charge < -0.3 is 9.64 Å². The van der Waals surface area contributed by atoms with E-state index in [1.807, 2.05) is 18.2 Å². The predicted molar refractivity (Wildman–Crippen MR) is 103 cm³/mol. The molecule has 1 aliphatic rings. The summed E-state index contributed by atoms with van der Waals surface area (Å²) in [6.45, 7) is 4.75. The van der Waals surface area contributed by atoms with Gasteiger partial charge in [0.1, 0.15) is 11.6 Å². The number of benzene rings is 2. The molecule has 0 radical (unpaired) electrons. The van der Waals surface area contributed by atoms with Gasteiger partial charge in [-0.2, -0.15) is 4.31 Å². The first-order valence-electron chi connectivity index (χ1n) is 9.02. The average molecular weight is 392 g/mol. The highest BCUT2D eigenvalue weighted by molar-refractivity contribution is 7.89. The highest BCUT2D eigenvalue weighted by Crippen LogP contribution is 2.22. The Labute approximate surface area is 160 Å². The topological polar surface area (TPSA) is 49.9 Å². The molecule has 2 aromatic carbocycles. The van der Waals surface area contributed by atoms with Crippen LogP contribution >= 0.6 is 0 Å². The first-order chi connectivity index (χ1) is 12.9. The van der Waals surface area contributed by atoms with E-state index in [1.54, 1.807) is 14.0 Å². The number of ether oxygens (including phenoxy) is 1. The van der Waals surface area contributed by atoms with Crippen molar-refractivity contribution in [1.82, 2.24) is 9.21 Å². The number of halogens is 1. The van der Waals surface area contributed by atoms with Gasteiger partial charge in [0, 0.05) is 32.7 Å². The van der Waals surface area contributed by atoms with E-state index in [1.165, 1.54) is 28.1 Å². The third kappa shape index (κ3) is 4.66. The number of nitrogens with zero attached hydrogens (tertiary/aromatic N) is 2. The number of sulfonamides is 1. The van der Waals surface area contributed by atoms with Crippen LogP contribution in [-0.4, -0.2) is 57.5 Å². The Morgan fingerprint density at radius 3 is 2.48 bits per heavy atom. The second kappa shape index (κ2) is 8.37. The quantitative estimate of drug-likeness (QED) is 0.759. The van der Waals surface area contributed by atoms with Crippen molar-refractivity contribution in [3.63, 3.8) is 0 Å². The predicted octanol–water partition coefficient (Wildman–Crippen LogP) is 2.69. The number of piperazine rings is 1. The van der Waals surface area contributed by atoms with Crippen molar-refractivity contribution in [3.8, 4) is 5.75 Å². The van der Waals surface area contributed by atoms with E-state index in [-0.39, 0.29) is 4.90 Å². The fourth-order valence-electron chi connectivity index (χ4n) is 3.35. The van der Waals surface area contributed by atoms with Crippen LogP contribution in [0.5, 0.6) is 5.75 Å². The molecule has 0 N–H and O–H groups in total. The van der Waals surface area contributed by atoms with Crippen molar-refractivity contribution >= 4 is 10.0 Å². The minimum atomic E-state index is -3.59. The summed E-state index contributed by atoms with van der Waals surface area (Å²) >= 11 is 0. The van der Waals surface area contributed by atoms with Crippen molar-refractivity contribution < 1.29 is 17.5 Å². The molecule has 0 saturated carbocycles. The van der Waals surface area contributed by atoms with E-state index < -0.39 is 15.8 Å². The number of aryl methyl sites for hydroxylation is 1. The number of hydrogen-bond acceptors (Lipinski definition) is 4. The fraction of sp³-hybridized carbons (Fsp3) is 0.400. The second-order valence-electron chi connectivity index (χ2n) is 6.76. The lowest BCUT2D eigenvalue weighted by molar-refractivity contribution is 0.190. The van der Waals surface area contributed by atoms with Gasteiger partial charge in [-0.15, -0.1) is 0 Å². The maximum Gasteiger partial charge on any atom is 0.243 e. The molecule has 3 rings (SSSR count). The third-order valence-corrected chi connectivity index (χ3v) is 7.00. The normalized spacial score (nSPS) is 16.4. The molecule has 1 heterocycles. The van der Waals surface area contributed by atoms with E-state index in [2.05, 4.69) is 11.0 Å². The summed E-state index contributed by atoms with van der Waals surface area (Å²) in [6.07, 6.45) is 0.890. The monoisotopic (exact) mass is 392 g/mol. The molecule has 0 atom stereocenters. The molecule has 0 aliphatic carbocycles. The van der Waals surface area contributed by atoms with Crippen molar-refractivity contribution in [2.75, 3.05) is 39.8 Å². The Balaban J connectivity index is 1.58. The summed E-state index contributed by atoms with van der Waals surface area (Å²) in [5.74, 6) is 0.423. The highest BCUT2D eigenvalue weighted by atomic mass is 32.2. The van der Waals surface area contributed by atoms with Crippen LogP contribution in [0.15, 0.2) is 47.4 Å². The number of hydrogen-bond donors (Lipinski definition) is 0. The molecule has 0 amide bonds. The lowest BCUT2D eigenvalue weighted by Crippen LogP contribution is -2.49. The molecule has 27 heavy (non-hydrogen) atoms. The van der Waals surface area contributed by atoms with Gasteiger partial charge in [-0.05, 0) is 54.8 Å². The molecule has 146 valence electrons. The van der Waals surface area contributed by atoms with Crippen LogP contribution in [0.2, 0.25) is 0 Å². The molecule has 7 heteroatoms. The van der Waals surface area contributed by atoms with E-state index in [0.717, 1.165) is 18.7 Å². The molecular weight excluding hydrogens is 367 g/mol. The van der Waals surface area contributed by atoms with Crippen LogP contribution in [0, 0.1) is 12.7 Å². The molecule has 0 unspecified atom stereocenters. The zero-order valence-electron chi connectivity index (χ0n) is 15.7. The van der Waals surface area contributed by atoms with Gasteiger partial charge in [0.15, 0.2) is 0 Å². The smallest absolute Gasteiger partial charge is 0.243 e. The summed E-state index contributed by atoms with van der Waals surface area (Å²) in [6, 6.07) is 11.8. The van der Waals surface area contributed by atoms with Crippen molar-refractivity contribution in [2.24, 2.45) is 0 Å². The van der Waals surface area contributed by atoms with Crippen molar-refractivity contribution in [3.05, 3.63) is 59.4 Å². The molecule has 0 spiro atoms. The third-order valence-electron chi connectivity index (χ3n) is 4.94. The summed E-state index contributed by atoms with van der Waals surface area (Å²) in [5.41, 5.74) is 1.64. The molecule has 5 nitrogen and oxygen atoms in total. The van der Waals surface area contributed by atoms with Crippen molar-refractivity contribution in [2.45, 2.75) is 18.2 Å². The molecule has 2 aromatic rings. The van der Waals surface area contributed by atoms with E-state index in [9.17, 15) is 12.8 Å². The first kappa shape index (κ1) is 19.8. The molecule has 0 bridgehead atoms. The Morgan fingerprint density at radius 1 is 1.07 bits per heavy atom. The first-order valence-corrected chi connectivity index (χ1v) is 10.5. The zero-order valence-corrected chi connectivity index (χ0v) is 16.5. The summed E-state index contributed by atoms with van der Waals surface area (Å²) < 4.78 is 45.7. The van der Waals surface area contributed by atoms with Crippen LogP contribution in [0.4, 0.5) is 4.39 Å². The van der Waals surface area contributed by atoms with Gasteiger partial charge in [-0.1, -0.05) is 12.1 Å². The number of methoxy groups -OCH3 is 1. The Hall–Kier alpha value is -1.96. The van der Waals surface area contributed by atoms with Crippen LogP contribution in [0.1, 0.15) is 11.1 Å². The lowest BCUT2D eigenvalue weighted by Gasteiger charge is -2.34. The van der Waals surface area contributed by atoms with Crippen molar-refractivity contribution in [1.29, 1.82) is 0 Å². The van der Waals surface area contributed by atoms with Gasteiger partial charge in [0.2, 0.25) is 10.0 Å². The van der Waals surface area contributed by atoms with E-state index in [4.69, 9.17) is 4.74 Å². The maximum absolute atomic E-state index is 13.3.